The van der Waals surface area contributed by atoms with Gasteiger partial charge in [0.05, 0.1) is 9.79 Å². The van der Waals surface area contributed by atoms with Crippen molar-refractivity contribution in [1.82, 2.24) is 5.32 Å². The Morgan fingerprint density at radius 2 is 1.79 bits per heavy atom. The second-order valence-corrected chi connectivity index (χ2v) is 8.70. The van der Waals surface area contributed by atoms with Crippen molar-refractivity contribution in [3.8, 4) is 0 Å². The molecule has 0 radical (unpaired) electrons. The first-order valence-electron chi connectivity index (χ1n) is 8.49. The molecule has 0 aromatic heterocycles. The van der Waals surface area contributed by atoms with Gasteiger partial charge in [0.15, 0.2) is 0 Å². The topological polar surface area (TPSA) is 58.2 Å². The minimum atomic E-state index is -3.47. The molecule has 0 saturated carbocycles. The summed E-state index contributed by atoms with van der Waals surface area (Å²) in [6, 6.07) is 13.1. The SMILES string of the molecule is Cc1cccc(S(=O)(=O)c2ccc3c(c2)[C@@H]2CCNCC[C@H]2N3)c1. The van der Waals surface area contributed by atoms with Crippen molar-refractivity contribution in [2.45, 2.75) is 41.5 Å². The van der Waals surface area contributed by atoms with Crippen LogP contribution in [0.5, 0.6) is 0 Å². The van der Waals surface area contributed by atoms with Gasteiger partial charge in [-0.3, -0.25) is 0 Å². The predicted molar refractivity (Wildman–Crippen MR) is 95.3 cm³/mol. The van der Waals surface area contributed by atoms with Gasteiger partial charge in [-0.25, -0.2) is 8.42 Å². The molecule has 4 rings (SSSR count). The van der Waals surface area contributed by atoms with E-state index in [2.05, 4.69) is 10.6 Å². The molecule has 24 heavy (non-hydrogen) atoms. The second-order valence-electron chi connectivity index (χ2n) is 6.75. The molecule has 2 heterocycles. The lowest BCUT2D eigenvalue weighted by molar-refractivity contribution is 0.576. The van der Waals surface area contributed by atoms with Crippen LogP contribution in [0.1, 0.15) is 29.9 Å². The summed E-state index contributed by atoms with van der Waals surface area (Å²) < 4.78 is 26.0. The fourth-order valence-corrected chi connectivity index (χ4v) is 5.25. The van der Waals surface area contributed by atoms with Crippen LogP contribution in [-0.2, 0) is 9.84 Å². The molecular weight excluding hydrogens is 320 g/mol. The maximum atomic E-state index is 13.0. The number of benzene rings is 2. The van der Waals surface area contributed by atoms with E-state index in [1.54, 1.807) is 24.3 Å². The van der Waals surface area contributed by atoms with Crippen LogP contribution < -0.4 is 10.6 Å². The van der Waals surface area contributed by atoms with Gasteiger partial charge < -0.3 is 10.6 Å². The Balaban J connectivity index is 1.75. The van der Waals surface area contributed by atoms with Gasteiger partial charge in [0, 0.05) is 17.6 Å². The first-order valence-corrected chi connectivity index (χ1v) is 9.97. The molecule has 2 aliphatic heterocycles. The van der Waals surface area contributed by atoms with Gasteiger partial charge in [-0.15, -0.1) is 0 Å². The molecule has 0 spiro atoms. The van der Waals surface area contributed by atoms with Crippen LogP contribution in [0.4, 0.5) is 5.69 Å². The van der Waals surface area contributed by atoms with E-state index in [1.165, 1.54) is 0 Å². The number of sulfone groups is 1. The standard InChI is InChI=1S/C19H22N2O2S/c1-13-3-2-4-14(11-13)24(22,23)15-5-6-18-17(12-15)16-7-9-20-10-8-19(16)21-18/h2-6,11-12,16,19-21H,7-10H2,1H3/t16-,19+/m0/s1. The van der Waals surface area contributed by atoms with E-state index in [4.69, 9.17) is 0 Å². The third-order valence-corrected chi connectivity index (χ3v) is 6.87. The van der Waals surface area contributed by atoms with E-state index in [0.29, 0.717) is 21.8 Å². The van der Waals surface area contributed by atoms with Gasteiger partial charge >= 0.3 is 0 Å². The number of rotatable bonds is 2. The minimum Gasteiger partial charge on any atom is -0.381 e. The predicted octanol–water partition coefficient (Wildman–Crippen LogP) is 3.09. The molecule has 126 valence electrons. The lowest BCUT2D eigenvalue weighted by atomic mass is 9.91. The fraction of sp³-hybridized carbons (Fsp3) is 0.368. The van der Waals surface area contributed by atoms with Crippen LogP contribution in [0.3, 0.4) is 0 Å². The highest BCUT2D eigenvalue weighted by Crippen LogP contribution is 2.41. The summed E-state index contributed by atoms with van der Waals surface area (Å²) in [5, 5.41) is 6.99. The number of anilines is 1. The van der Waals surface area contributed by atoms with E-state index in [0.717, 1.165) is 42.7 Å². The van der Waals surface area contributed by atoms with Gasteiger partial charge in [-0.2, -0.15) is 0 Å². The Kier molecular flexibility index (Phi) is 3.85. The monoisotopic (exact) mass is 342 g/mol. The van der Waals surface area contributed by atoms with Crippen LogP contribution in [0.2, 0.25) is 0 Å². The van der Waals surface area contributed by atoms with Crippen LogP contribution in [0.25, 0.3) is 0 Å². The number of hydrogen-bond acceptors (Lipinski definition) is 4. The molecule has 2 aromatic rings. The molecule has 1 fully saturated rings. The zero-order chi connectivity index (χ0) is 16.7. The van der Waals surface area contributed by atoms with Crippen LogP contribution >= 0.6 is 0 Å². The van der Waals surface area contributed by atoms with E-state index in [9.17, 15) is 8.42 Å². The highest BCUT2D eigenvalue weighted by Gasteiger charge is 2.34. The maximum absolute atomic E-state index is 13.0. The highest BCUT2D eigenvalue weighted by atomic mass is 32.2. The summed E-state index contributed by atoms with van der Waals surface area (Å²) in [6.45, 7) is 3.91. The van der Waals surface area contributed by atoms with Crippen molar-refractivity contribution in [2.75, 3.05) is 18.4 Å². The van der Waals surface area contributed by atoms with Gasteiger partial charge in [-0.05, 0) is 74.3 Å². The molecule has 2 N–H and O–H groups in total. The highest BCUT2D eigenvalue weighted by molar-refractivity contribution is 7.91. The van der Waals surface area contributed by atoms with E-state index in [1.807, 2.05) is 25.1 Å². The Morgan fingerprint density at radius 3 is 2.62 bits per heavy atom. The van der Waals surface area contributed by atoms with Crippen LogP contribution in [-0.4, -0.2) is 27.5 Å². The quantitative estimate of drug-likeness (QED) is 0.880. The molecule has 1 saturated heterocycles. The molecule has 0 amide bonds. The summed E-state index contributed by atoms with van der Waals surface area (Å²) in [5.74, 6) is 0.391. The van der Waals surface area contributed by atoms with Crippen molar-refractivity contribution >= 4 is 15.5 Å². The molecule has 4 nitrogen and oxygen atoms in total. The summed E-state index contributed by atoms with van der Waals surface area (Å²) >= 11 is 0. The zero-order valence-corrected chi connectivity index (χ0v) is 14.6. The van der Waals surface area contributed by atoms with Crippen molar-refractivity contribution in [3.05, 3.63) is 53.6 Å². The molecule has 5 heteroatoms. The smallest absolute Gasteiger partial charge is 0.206 e. The lowest BCUT2D eigenvalue weighted by Crippen LogP contribution is -2.21. The molecular formula is C19H22N2O2S. The molecule has 2 aliphatic rings. The zero-order valence-electron chi connectivity index (χ0n) is 13.7. The maximum Gasteiger partial charge on any atom is 0.206 e. The minimum absolute atomic E-state index is 0.368. The Hall–Kier alpha value is -1.85. The van der Waals surface area contributed by atoms with Crippen molar-refractivity contribution < 1.29 is 8.42 Å². The fourth-order valence-electron chi connectivity index (χ4n) is 3.85. The van der Waals surface area contributed by atoms with E-state index in [-0.39, 0.29) is 0 Å². The number of fused-ring (bicyclic) bond motifs is 3. The molecule has 0 bridgehead atoms. The van der Waals surface area contributed by atoms with Crippen LogP contribution in [0, 0.1) is 6.92 Å². The Labute approximate surface area is 143 Å². The van der Waals surface area contributed by atoms with Crippen molar-refractivity contribution in [2.24, 2.45) is 0 Å². The number of hydrogen-bond donors (Lipinski definition) is 2. The van der Waals surface area contributed by atoms with Crippen LogP contribution in [0.15, 0.2) is 52.3 Å². The largest absolute Gasteiger partial charge is 0.381 e. The molecule has 2 aromatic carbocycles. The first-order chi connectivity index (χ1) is 11.6. The average Bonchev–Trinajstić information content (AvgIpc) is 2.75. The first kappa shape index (κ1) is 15.7. The molecule has 0 unspecified atom stereocenters. The molecule has 0 aliphatic carbocycles. The van der Waals surface area contributed by atoms with E-state index < -0.39 is 9.84 Å². The second kappa shape index (κ2) is 5.90. The van der Waals surface area contributed by atoms with E-state index >= 15 is 0 Å². The third kappa shape index (κ3) is 2.62. The summed E-state index contributed by atoms with van der Waals surface area (Å²) in [7, 11) is -3.47. The Morgan fingerprint density at radius 1 is 1.00 bits per heavy atom. The molecule has 2 atom stereocenters. The van der Waals surface area contributed by atoms with Crippen molar-refractivity contribution in [3.63, 3.8) is 0 Å². The number of nitrogens with one attached hydrogen (secondary N) is 2. The summed E-state index contributed by atoms with van der Waals surface area (Å²) in [4.78, 5) is 0.763. The van der Waals surface area contributed by atoms with Gasteiger partial charge in [0.25, 0.3) is 0 Å². The van der Waals surface area contributed by atoms with Gasteiger partial charge in [-0.1, -0.05) is 12.1 Å². The number of aryl methyl sites for hydroxylation is 1. The van der Waals surface area contributed by atoms with Crippen molar-refractivity contribution in [1.29, 1.82) is 0 Å². The summed E-state index contributed by atoms with van der Waals surface area (Å²) in [6.07, 6.45) is 2.11. The van der Waals surface area contributed by atoms with Gasteiger partial charge in [0.2, 0.25) is 9.84 Å². The lowest BCUT2D eigenvalue weighted by Gasteiger charge is -2.16. The normalized spacial score (nSPS) is 23.0. The van der Waals surface area contributed by atoms with Gasteiger partial charge in [0.1, 0.15) is 0 Å². The average molecular weight is 342 g/mol. The third-order valence-electron chi connectivity index (χ3n) is 5.12. The summed E-state index contributed by atoms with van der Waals surface area (Å²) in [5.41, 5.74) is 3.20. The Bertz CT molecular complexity index is 877.